The Morgan fingerprint density at radius 1 is 1.00 bits per heavy atom. The molecule has 0 bridgehead atoms. The van der Waals surface area contributed by atoms with Gasteiger partial charge in [0.1, 0.15) is 5.75 Å². The molecule has 0 spiro atoms. The average molecular weight is 417 g/mol. The van der Waals surface area contributed by atoms with Crippen LogP contribution in [-0.4, -0.2) is 37.8 Å². The molecule has 2 aromatic carbocycles. The SMILES string of the molecule is Cc1cc(C)cc(O[C@H](C)C(=O)Nc2ccc(S(=O)(=O)N3CCCCC3)cc2)c1. The summed E-state index contributed by atoms with van der Waals surface area (Å²) in [6, 6.07) is 12.1. The normalized spacial score (nSPS) is 16.2. The number of sulfonamides is 1. The predicted octanol–water partition coefficient (Wildman–Crippen LogP) is 3.88. The molecule has 1 aliphatic heterocycles. The molecule has 29 heavy (non-hydrogen) atoms. The standard InChI is InChI=1S/C22H28N2O4S/c1-16-13-17(2)15-20(14-16)28-18(3)22(25)23-19-7-9-21(10-8-19)29(26,27)24-11-5-4-6-12-24/h7-10,13-15,18H,4-6,11-12H2,1-3H3,(H,23,25)/t18-/m1/s1. The molecular formula is C22H28N2O4S. The fourth-order valence-electron chi connectivity index (χ4n) is 3.47. The van der Waals surface area contributed by atoms with Crippen LogP contribution >= 0.6 is 0 Å². The van der Waals surface area contributed by atoms with Crippen molar-refractivity contribution >= 4 is 21.6 Å². The minimum absolute atomic E-state index is 0.247. The predicted molar refractivity (Wildman–Crippen MR) is 114 cm³/mol. The quantitative estimate of drug-likeness (QED) is 0.775. The third-order valence-electron chi connectivity index (χ3n) is 4.95. The lowest BCUT2D eigenvalue weighted by Crippen LogP contribution is -2.35. The molecule has 3 rings (SSSR count). The summed E-state index contributed by atoms with van der Waals surface area (Å²) >= 11 is 0. The van der Waals surface area contributed by atoms with Gasteiger partial charge in [-0.25, -0.2) is 8.42 Å². The number of amides is 1. The van der Waals surface area contributed by atoms with Gasteiger partial charge in [0.15, 0.2) is 6.10 Å². The van der Waals surface area contributed by atoms with Crippen LogP contribution in [0.25, 0.3) is 0 Å². The maximum Gasteiger partial charge on any atom is 0.265 e. The molecule has 7 heteroatoms. The van der Waals surface area contributed by atoms with Gasteiger partial charge < -0.3 is 10.1 Å². The number of carbonyl (C=O) groups excluding carboxylic acids is 1. The lowest BCUT2D eigenvalue weighted by molar-refractivity contribution is -0.122. The Hall–Kier alpha value is -2.38. The van der Waals surface area contributed by atoms with E-state index in [2.05, 4.69) is 5.32 Å². The molecule has 0 aromatic heterocycles. The van der Waals surface area contributed by atoms with Gasteiger partial charge in [-0.1, -0.05) is 12.5 Å². The summed E-state index contributed by atoms with van der Waals surface area (Å²) in [6.45, 7) is 6.76. The molecule has 1 amide bonds. The summed E-state index contributed by atoms with van der Waals surface area (Å²) in [5.41, 5.74) is 2.67. The highest BCUT2D eigenvalue weighted by Gasteiger charge is 2.25. The van der Waals surface area contributed by atoms with Gasteiger partial charge in [0.2, 0.25) is 10.0 Å². The molecular weight excluding hydrogens is 388 g/mol. The molecule has 1 atom stereocenters. The summed E-state index contributed by atoms with van der Waals surface area (Å²) in [7, 11) is -3.48. The first-order valence-corrected chi connectivity index (χ1v) is 11.4. The second-order valence-electron chi connectivity index (χ2n) is 7.56. The fourth-order valence-corrected chi connectivity index (χ4v) is 4.98. The van der Waals surface area contributed by atoms with Gasteiger partial charge in [0.05, 0.1) is 4.90 Å². The second kappa shape index (κ2) is 8.97. The lowest BCUT2D eigenvalue weighted by atomic mass is 10.1. The zero-order valence-corrected chi connectivity index (χ0v) is 18.0. The monoisotopic (exact) mass is 416 g/mol. The van der Waals surface area contributed by atoms with Crippen molar-refractivity contribution in [1.82, 2.24) is 4.31 Å². The first-order valence-electron chi connectivity index (χ1n) is 9.92. The summed E-state index contributed by atoms with van der Waals surface area (Å²) in [5.74, 6) is 0.351. The van der Waals surface area contributed by atoms with E-state index in [1.807, 2.05) is 32.0 Å². The van der Waals surface area contributed by atoms with E-state index in [-0.39, 0.29) is 10.8 Å². The van der Waals surface area contributed by atoms with Crippen molar-refractivity contribution in [1.29, 1.82) is 0 Å². The highest BCUT2D eigenvalue weighted by atomic mass is 32.2. The largest absolute Gasteiger partial charge is 0.481 e. The van der Waals surface area contributed by atoms with Gasteiger partial charge in [0, 0.05) is 18.8 Å². The Balaban J connectivity index is 1.63. The Labute approximate surface area is 172 Å². The molecule has 1 aliphatic rings. The third-order valence-corrected chi connectivity index (χ3v) is 6.86. The molecule has 2 aromatic rings. The van der Waals surface area contributed by atoms with Crippen LogP contribution in [0.2, 0.25) is 0 Å². The number of ether oxygens (including phenoxy) is 1. The van der Waals surface area contributed by atoms with Crippen LogP contribution in [0.5, 0.6) is 5.75 Å². The van der Waals surface area contributed by atoms with Crippen LogP contribution in [-0.2, 0) is 14.8 Å². The van der Waals surface area contributed by atoms with Crippen LogP contribution in [0, 0.1) is 13.8 Å². The van der Waals surface area contributed by atoms with Crippen molar-refractivity contribution < 1.29 is 17.9 Å². The number of rotatable bonds is 6. The van der Waals surface area contributed by atoms with Crippen molar-refractivity contribution in [2.24, 2.45) is 0 Å². The van der Waals surface area contributed by atoms with Gasteiger partial charge in [-0.15, -0.1) is 0 Å². The molecule has 0 aliphatic carbocycles. The first-order chi connectivity index (χ1) is 13.8. The highest BCUT2D eigenvalue weighted by molar-refractivity contribution is 7.89. The van der Waals surface area contributed by atoms with E-state index in [0.29, 0.717) is 24.5 Å². The number of hydrogen-bond donors (Lipinski definition) is 1. The molecule has 1 N–H and O–H groups in total. The van der Waals surface area contributed by atoms with Crippen LogP contribution in [0.3, 0.4) is 0 Å². The number of carbonyl (C=O) groups is 1. The summed E-state index contributed by atoms with van der Waals surface area (Å²) in [4.78, 5) is 12.7. The van der Waals surface area contributed by atoms with Crippen LogP contribution < -0.4 is 10.1 Å². The highest BCUT2D eigenvalue weighted by Crippen LogP contribution is 2.22. The van der Waals surface area contributed by atoms with Crippen LogP contribution in [0.4, 0.5) is 5.69 Å². The van der Waals surface area contributed by atoms with Gasteiger partial charge in [0.25, 0.3) is 5.91 Å². The number of anilines is 1. The van der Waals surface area contributed by atoms with Gasteiger partial charge in [-0.05, 0) is 81.1 Å². The molecule has 1 fully saturated rings. The summed E-state index contributed by atoms with van der Waals surface area (Å²) in [6.07, 6.45) is 2.17. The Morgan fingerprint density at radius 2 is 1.59 bits per heavy atom. The number of aryl methyl sites for hydroxylation is 2. The van der Waals surface area contributed by atoms with Crippen molar-refractivity contribution in [2.75, 3.05) is 18.4 Å². The first kappa shape index (κ1) is 21.3. The maximum atomic E-state index is 12.7. The van der Waals surface area contributed by atoms with E-state index < -0.39 is 16.1 Å². The fraction of sp³-hybridized carbons (Fsp3) is 0.409. The average Bonchev–Trinajstić information content (AvgIpc) is 2.68. The molecule has 0 unspecified atom stereocenters. The minimum atomic E-state index is -3.48. The van der Waals surface area contributed by atoms with E-state index >= 15 is 0 Å². The van der Waals surface area contributed by atoms with Crippen molar-refractivity contribution in [3.63, 3.8) is 0 Å². The summed E-state index contributed by atoms with van der Waals surface area (Å²) in [5, 5.41) is 2.78. The van der Waals surface area contributed by atoms with E-state index in [1.165, 1.54) is 16.4 Å². The van der Waals surface area contributed by atoms with Crippen LogP contribution in [0.15, 0.2) is 47.4 Å². The van der Waals surface area contributed by atoms with Crippen molar-refractivity contribution in [3.05, 3.63) is 53.6 Å². The third kappa shape index (κ3) is 5.36. The molecule has 6 nitrogen and oxygen atoms in total. The smallest absolute Gasteiger partial charge is 0.265 e. The number of hydrogen-bond acceptors (Lipinski definition) is 4. The topological polar surface area (TPSA) is 75.7 Å². The molecule has 0 radical (unpaired) electrons. The van der Waals surface area contributed by atoms with Gasteiger partial charge in [-0.2, -0.15) is 4.31 Å². The van der Waals surface area contributed by atoms with E-state index in [1.54, 1.807) is 19.1 Å². The van der Waals surface area contributed by atoms with E-state index in [0.717, 1.165) is 30.4 Å². The number of nitrogens with zero attached hydrogens (tertiary/aromatic N) is 1. The molecule has 0 saturated carbocycles. The number of benzene rings is 2. The molecule has 1 heterocycles. The van der Waals surface area contributed by atoms with Crippen molar-refractivity contribution in [3.8, 4) is 5.75 Å². The Kier molecular flexibility index (Phi) is 6.59. The minimum Gasteiger partial charge on any atom is -0.481 e. The van der Waals surface area contributed by atoms with E-state index in [9.17, 15) is 13.2 Å². The zero-order valence-electron chi connectivity index (χ0n) is 17.1. The molecule has 1 saturated heterocycles. The van der Waals surface area contributed by atoms with Crippen molar-refractivity contribution in [2.45, 2.75) is 51.0 Å². The number of piperidine rings is 1. The zero-order chi connectivity index (χ0) is 21.0. The van der Waals surface area contributed by atoms with Gasteiger partial charge >= 0.3 is 0 Å². The maximum absolute atomic E-state index is 12.7. The van der Waals surface area contributed by atoms with Gasteiger partial charge in [-0.3, -0.25) is 4.79 Å². The van der Waals surface area contributed by atoms with E-state index in [4.69, 9.17) is 4.74 Å². The lowest BCUT2D eigenvalue weighted by Gasteiger charge is -2.25. The summed E-state index contributed by atoms with van der Waals surface area (Å²) < 4.78 is 32.7. The number of nitrogens with one attached hydrogen (secondary N) is 1. The van der Waals surface area contributed by atoms with Crippen LogP contribution in [0.1, 0.15) is 37.3 Å². The Bertz CT molecular complexity index is 945. The second-order valence-corrected chi connectivity index (χ2v) is 9.50. The Morgan fingerprint density at radius 3 is 2.17 bits per heavy atom. The molecule has 156 valence electrons.